The molecule has 0 spiro atoms. The van der Waals surface area contributed by atoms with Crippen molar-refractivity contribution in [2.45, 2.75) is 0 Å². The second-order valence-electron chi connectivity index (χ2n) is 0.474. The fourth-order valence-electron chi connectivity index (χ4n) is 0. The van der Waals surface area contributed by atoms with Crippen molar-refractivity contribution in [3.8, 4) is 29.8 Å². The second-order valence-corrected chi connectivity index (χ2v) is 1.96. The van der Waals surface area contributed by atoms with Crippen molar-refractivity contribution in [3.63, 3.8) is 0 Å². The first kappa shape index (κ1) is 42.8. The van der Waals surface area contributed by atoms with Crippen LogP contribution >= 0.6 is 0 Å². The summed E-state index contributed by atoms with van der Waals surface area (Å²) in [6.45, 7) is 0. The Kier molecular flexibility index (Phi) is 262. The molecule has 0 aliphatic carbocycles. The third kappa shape index (κ3) is 2150. The van der Waals surface area contributed by atoms with E-state index in [1.165, 1.54) is 29.8 Å². The van der Waals surface area contributed by atoms with Crippen molar-refractivity contribution in [1.29, 1.82) is 31.6 Å². The van der Waals surface area contributed by atoms with Crippen LogP contribution in [0.5, 0.6) is 0 Å². The molecule has 0 rings (SSSR count). The van der Waals surface area contributed by atoms with E-state index in [1.807, 2.05) is 0 Å². The number of nitriles is 6. The predicted molar refractivity (Wildman–Crippen MR) is 40.8 cm³/mol. The molecule has 6 nitrogen and oxygen atoms in total. The van der Waals surface area contributed by atoms with Gasteiger partial charge in [0.2, 0.25) is 0 Å². The van der Waals surface area contributed by atoms with Gasteiger partial charge >= 0.3 is 209 Å². The Morgan fingerprint density at radius 3 is 0.368 bits per heavy atom. The van der Waals surface area contributed by atoms with Gasteiger partial charge in [0.15, 0.2) is 0 Å². The minimum absolute atomic E-state index is 0. The molecule has 0 aliphatic heterocycles. The van der Waals surface area contributed by atoms with E-state index in [4.69, 9.17) is 31.6 Å². The second kappa shape index (κ2) is 116. The Bertz CT molecular complexity index is 256. The molecule has 104 valence electrons. The molecule has 19 heavy (non-hydrogen) atoms. The van der Waals surface area contributed by atoms with Gasteiger partial charge in [0, 0.05) is 0 Å². The van der Waals surface area contributed by atoms with Gasteiger partial charge in [0.05, 0.1) is 0 Å². The van der Waals surface area contributed by atoms with Crippen molar-refractivity contribution >= 4 is 51.4 Å². The number of hydrogen-bond donors (Lipinski definition) is 0. The van der Waals surface area contributed by atoms with Crippen molar-refractivity contribution in [1.82, 2.24) is 0 Å². The van der Waals surface area contributed by atoms with Crippen LogP contribution < -0.4 is 0 Å². The Morgan fingerprint density at radius 2 is 0.368 bits per heavy atom. The Morgan fingerprint density at radius 1 is 0.368 bits per heavy atom. The summed E-state index contributed by atoms with van der Waals surface area (Å²) >= 11 is 16.8. The average molecular weight is 531 g/mol. The quantitative estimate of drug-likeness (QED) is 0.384. The van der Waals surface area contributed by atoms with Crippen LogP contribution in [-0.2, 0) is 96.1 Å². The van der Waals surface area contributed by atoms with E-state index >= 15 is 0 Å². The molecule has 0 aromatic carbocycles. The molecule has 0 radical (unpaired) electrons. The maximum atomic E-state index is 7.21. The normalized spacial score (nSPS) is 2.53. The van der Waals surface area contributed by atoms with E-state index in [0.717, 1.165) is 0 Å². The van der Waals surface area contributed by atoms with Crippen molar-refractivity contribution < 1.29 is 96.1 Å². The van der Waals surface area contributed by atoms with E-state index in [0.29, 0.717) is 0 Å². The molecular weight excluding hydrogens is 530 g/mol. The first-order chi connectivity index (χ1) is 8.49. The fraction of sp³-hybridized carbons (Fsp3) is 0. The summed E-state index contributed by atoms with van der Waals surface area (Å²) in [6, 6.07) is 0. The molecular formula is C6HFe6KN6. The van der Waals surface area contributed by atoms with Crippen LogP contribution in [0, 0.1) is 61.4 Å². The van der Waals surface area contributed by atoms with E-state index in [9.17, 15) is 0 Å². The fourth-order valence-corrected chi connectivity index (χ4v) is 0. The monoisotopic (exact) mass is 532 g/mol. The molecule has 0 bridgehead atoms. The third-order valence-electron chi connectivity index (χ3n) is 0. The zero-order valence-electron chi connectivity index (χ0n) is 7.80. The Balaban J connectivity index is -0.0000000180. The summed E-state index contributed by atoms with van der Waals surface area (Å²) in [7, 11) is 0. The molecule has 0 N–H and O–H groups in total. The predicted octanol–water partition coefficient (Wildman–Crippen LogP) is -0.563. The number of nitrogens with zero attached hydrogens (tertiary/aromatic N) is 6. The van der Waals surface area contributed by atoms with Crippen molar-refractivity contribution in [2.75, 3.05) is 0 Å². The summed E-state index contributed by atoms with van der Waals surface area (Å²) in [5.41, 5.74) is 0. The molecule has 0 unspecified atom stereocenters. The summed E-state index contributed by atoms with van der Waals surface area (Å²) in [4.78, 5) is 9.00. The van der Waals surface area contributed by atoms with Gasteiger partial charge in [-0.15, -0.1) is 0 Å². The van der Waals surface area contributed by atoms with E-state index in [-0.39, 0.29) is 51.4 Å². The molecule has 0 amide bonds. The average Bonchev–Trinajstić information content (AvgIpc) is 2.23. The Labute approximate surface area is 204 Å². The SMILES string of the molecule is N#[C][Fe].N#[C][Fe].N#[C][Fe].N#[C][Fe].N#[C][Fe].N#[C][Fe].[KH]. The van der Waals surface area contributed by atoms with Gasteiger partial charge in [-0.2, -0.15) is 0 Å². The molecule has 0 heterocycles. The van der Waals surface area contributed by atoms with Crippen molar-refractivity contribution in [2.24, 2.45) is 0 Å². The first-order valence-electron chi connectivity index (χ1n) is 2.40. The maximum absolute atomic E-state index is 7.21. The van der Waals surface area contributed by atoms with Gasteiger partial charge in [-0.05, 0) is 0 Å². The van der Waals surface area contributed by atoms with Gasteiger partial charge in [0.25, 0.3) is 0 Å². The van der Waals surface area contributed by atoms with E-state index in [1.54, 1.807) is 0 Å². The molecule has 0 atom stereocenters. The minimum atomic E-state index is 0. The summed E-state index contributed by atoms with van der Waals surface area (Å²) in [6.07, 6.45) is 0. The van der Waals surface area contributed by atoms with Crippen molar-refractivity contribution in [3.05, 3.63) is 0 Å². The molecule has 13 heteroatoms. The van der Waals surface area contributed by atoms with Crippen LogP contribution in [0.3, 0.4) is 0 Å². The molecule has 0 saturated carbocycles. The van der Waals surface area contributed by atoms with Crippen LogP contribution in [0.25, 0.3) is 0 Å². The van der Waals surface area contributed by atoms with Gasteiger partial charge in [-0.25, -0.2) is 0 Å². The number of rotatable bonds is 0. The molecule has 0 saturated heterocycles. The van der Waals surface area contributed by atoms with E-state index < -0.39 is 0 Å². The summed E-state index contributed by atoms with van der Waals surface area (Å²) in [5.74, 6) is 0. The Hall–Kier alpha value is 1.69. The van der Waals surface area contributed by atoms with Crippen LogP contribution in [0.4, 0.5) is 0 Å². The van der Waals surface area contributed by atoms with Crippen LogP contribution in [0.1, 0.15) is 0 Å². The van der Waals surface area contributed by atoms with Gasteiger partial charge in [0.1, 0.15) is 0 Å². The summed E-state index contributed by atoms with van der Waals surface area (Å²) < 4.78 is 0. The molecule has 0 fully saturated rings. The molecule has 0 aromatic heterocycles. The van der Waals surface area contributed by atoms with Gasteiger partial charge < -0.3 is 0 Å². The van der Waals surface area contributed by atoms with Crippen LogP contribution in [0.2, 0.25) is 0 Å². The van der Waals surface area contributed by atoms with Gasteiger partial charge in [-0.1, -0.05) is 0 Å². The number of hydrogen-bond acceptors (Lipinski definition) is 6. The molecule has 0 aliphatic rings. The van der Waals surface area contributed by atoms with Crippen LogP contribution in [0.15, 0.2) is 0 Å². The topological polar surface area (TPSA) is 143 Å². The van der Waals surface area contributed by atoms with Gasteiger partial charge in [-0.3, -0.25) is 0 Å². The van der Waals surface area contributed by atoms with E-state index in [2.05, 4.69) is 96.1 Å². The first-order valence-corrected chi connectivity index (χ1v) is 5.71. The standard InChI is InChI=1S/6CN.6Fe.K.H/c6*1-2;;;;;;;;. The van der Waals surface area contributed by atoms with Crippen LogP contribution in [-0.4, -0.2) is 51.4 Å². The summed E-state index contributed by atoms with van der Waals surface area (Å²) in [5, 5.41) is 43.2. The third-order valence-corrected chi connectivity index (χ3v) is 0. The molecule has 0 aromatic rings. The zero-order valence-corrected chi connectivity index (χ0v) is 14.4. The zero-order chi connectivity index (χ0) is 16.2.